The summed E-state index contributed by atoms with van der Waals surface area (Å²) in [7, 11) is 0. The topological polar surface area (TPSA) is 29.5 Å². The smallest absolute Gasteiger partial charge is 0.123 e. The predicted octanol–water partition coefficient (Wildman–Crippen LogP) is 4.15. The minimum atomic E-state index is -0.755. The van der Waals surface area contributed by atoms with Gasteiger partial charge in [-0.3, -0.25) is 0 Å². The molecule has 0 spiro atoms. The maximum Gasteiger partial charge on any atom is 0.123 e. The van der Waals surface area contributed by atoms with Crippen LogP contribution in [0.1, 0.15) is 24.2 Å². The van der Waals surface area contributed by atoms with Crippen LogP contribution in [-0.2, 0) is 6.42 Å². The first kappa shape index (κ1) is 14.8. The van der Waals surface area contributed by atoms with E-state index in [1.54, 1.807) is 12.1 Å². The van der Waals surface area contributed by atoms with Gasteiger partial charge < -0.3 is 9.84 Å². The summed E-state index contributed by atoms with van der Waals surface area (Å²) in [4.78, 5) is 0. The summed E-state index contributed by atoms with van der Waals surface area (Å²) >= 11 is 6.01. The van der Waals surface area contributed by atoms with Crippen LogP contribution in [0.15, 0.2) is 42.5 Å². The molecule has 4 heteroatoms. The molecule has 2 aromatic rings. The number of ether oxygens (including phenoxy) is 1. The number of halogens is 2. The average Bonchev–Trinajstić information content (AvgIpc) is 2.43. The molecule has 0 saturated heterocycles. The molecule has 1 atom stereocenters. The lowest BCUT2D eigenvalue weighted by molar-refractivity contribution is 0.178. The van der Waals surface area contributed by atoms with Crippen LogP contribution in [0.3, 0.4) is 0 Å². The molecule has 0 heterocycles. The van der Waals surface area contributed by atoms with Crippen molar-refractivity contribution >= 4 is 11.6 Å². The standard InChI is InChI=1S/C16H16ClFO2/c1-2-20-14-5-3-4-11(9-14)16(19)10-12-8-13(18)6-7-15(12)17/h3-9,16,19H,2,10H2,1H3. The van der Waals surface area contributed by atoms with Gasteiger partial charge in [0.1, 0.15) is 11.6 Å². The van der Waals surface area contributed by atoms with E-state index in [0.29, 0.717) is 22.9 Å². The maximum absolute atomic E-state index is 13.2. The number of rotatable bonds is 5. The molecule has 0 bridgehead atoms. The molecule has 0 amide bonds. The third kappa shape index (κ3) is 3.71. The zero-order valence-electron chi connectivity index (χ0n) is 11.1. The van der Waals surface area contributed by atoms with E-state index in [4.69, 9.17) is 16.3 Å². The highest BCUT2D eigenvalue weighted by Crippen LogP contribution is 2.26. The lowest BCUT2D eigenvalue weighted by atomic mass is 10.0. The Kier molecular flexibility index (Phi) is 4.99. The lowest BCUT2D eigenvalue weighted by Crippen LogP contribution is -2.03. The molecule has 0 aliphatic heterocycles. The Labute approximate surface area is 122 Å². The fraction of sp³-hybridized carbons (Fsp3) is 0.250. The third-order valence-corrected chi connectivity index (χ3v) is 3.34. The van der Waals surface area contributed by atoms with Gasteiger partial charge in [-0.2, -0.15) is 0 Å². The first-order chi connectivity index (χ1) is 9.60. The largest absolute Gasteiger partial charge is 0.494 e. The SMILES string of the molecule is CCOc1cccc(C(O)Cc2cc(F)ccc2Cl)c1. The second-order valence-electron chi connectivity index (χ2n) is 4.46. The Hall–Kier alpha value is -1.58. The van der Waals surface area contributed by atoms with Crippen molar-refractivity contribution in [1.29, 1.82) is 0 Å². The Bertz CT molecular complexity index is 586. The van der Waals surface area contributed by atoms with Gasteiger partial charge in [-0.05, 0) is 48.4 Å². The molecule has 20 heavy (non-hydrogen) atoms. The maximum atomic E-state index is 13.2. The highest BCUT2D eigenvalue weighted by Gasteiger charge is 2.12. The summed E-state index contributed by atoms with van der Waals surface area (Å²) < 4.78 is 18.6. The minimum absolute atomic E-state index is 0.256. The summed E-state index contributed by atoms with van der Waals surface area (Å²) in [5, 5.41) is 10.7. The van der Waals surface area contributed by atoms with Gasteiger partial charge in [0.25, 0.3) is 0 Å². The van der Waals surface area contributed by atoms with Crippen LogP contribution < -0.4 is 4.74 Å². The van der Waals surface area contributed by atoms with E-state index in [0.717, 1.165) is 5.56 Å². The highest BCUT2D eigenvalue weighted by atomic mass is 35.5. The van der Waals surface area contributed by atoms with E-state index in [2.05, 4.69) is 0 Å². The van der Waals surface area contributed by atoms with Crippen molar-refractivity contribution in [3.05, 3.63) is 64.4 Å². The average molecular weight is 295 g/mol. The van der Waals surface area contributed by atoms with E-state index >= 15 is 0 Å². The van der Waals surface area contributed by atoms with Crippen molar-refractivity contribution < 1.29 is 14.2 Å². The first-order valence-corrected chi connectivity index (χ1v) is 6.82. The fourth-order valence-electron chi connectivity index (χ4n) is 2.00. The van der Waals surface area contributed by atoms with E-state index in [1.807, 2.05) is 19.1 Å². The number of aliphatic hydroxyl groups excluding tert-OH is 1. The number of hydrogen-bond acceptors (Lipinski definition) is 2. The van der Waals surface area contributed by atoms with Gasteiger partial charge in [-0.1, -0.05) is 23.7 Å². The van der Waals surface area contributed by atoms with Crippen molar-refractivity contribution in [2.45, 2.75) is 19.4 Å². The molecule has 1 unspecified atom stereocenters. The van der Waals surface area contributed by atoms with E-state index in [1.165, 1.54) is 18.2 Å². The molecule has 2 rings (SSSR count). The second-order valence-corrected chi connectivity index (χ2v) is 4.87. The number of aliphatic hydroxyl groups is 1. The van der Waals surface area contributed by atoms with Crippen molar-refractivity contribution in [2.24, 2.45) is 0 Å². The molecule has 0 fully saturated rings. The molecule has 0 aromatic heterocycles. The molecular weight excluding hydrogens is 279 g/mol. The fourth-order valence-corrected chi connectivity index (χ4v) is 2.20. The van der Waals surface area contributed by atoms with Gasteiger partial charge in [0.2, 0.25) is 0 Å². The molecule has 0 radical (unpaired) electrons. The van der Waals surface area contributed by atoms with Crippen molar-refractivity contribution in [1.82, 2.24) is 0 Å². The predicted molar refractivity (Wildman–Crippen MR) is 77.7 cm³/mol. The van der Waals surface area contributed by atoms with E-state index in [9.17, 15) is 9.50 Å². The van der Waals surface area contributed by atoms with Crippen LogP contribution in [-0.4, -0.2) is 11.7 Å². The summed E-state index contributed by atoms with van der Waals surface area (Å²) in [5.74, 6) is 0.342. The minimum Gasteiger partial charge on any atom is -0.494 e. The normalized spacial score (nSPS) is 12.2. The molecule has 0 aliphatic rings. The van der Waals surface area contributed by atoms with Gasteiger partial charge >= 0.3 is 0 Å². The molecule has 0 saturated carbocycles. The summed E-state index contributed by atoms with van der Waals surface area (Å²) in [6.07, 6.45) is -0.499. The quantitative estimate of drug-likeness (QED) is 0.897. The molecule has 1 N–H and O–H groups in total. The Morgan fingerprint density at radius 3 is 2.80 bits per heavy atom. The summed E-state index contributed by atoms with van der Waals surface area (Å²) in [6.45, 7) is 2.46. The monoisotopic (exact) mass is 294 g/mol. The summed E-state index contributed by atoms with van der Waals surface area (Å²) in [5.41, 5.74) is 1.30. The van der Waals surface area contributed by atoms with Crippen molar-refractivity contribution in [3.8, 4) is 5.75 Å². The first-order valence-electron chi connectivity index (χ1n) is 6.45. The Balaban J connectivity index is 2.17. The van der Waals surface area contributed by atoms with Gasteiger partial charge in [-0.15, -0.1) is 0 Å². The zero-order chi connectivity index (χ0) is 14.5. The van der Waals surface area contributed by atoms with Gasteiger partial charge in [0.05, 0.1) is 12.7 Å². The van der Waals surface area contributed by atoms with E-state index in [-0.39, 0.29) is 12.2 Å². The van der Waals surface area contributed by atoms with Crippen molar-refractivity contribution in [2.75, 3.05) is 6.61 Å². The Morgan fingerprint density at radius 2 is 2.05 bits per heavy atom. The Morgan fingerprint density at radius 1 is 1.25 bits per heavy atom. The lowest BCUT2D eigenvalue weighted by Gasteiger charge is -2.13. The summed E-state index contributed by atoms with van der Waals surface area (Å²) in [6, 6.07) is 11.4. The third-order valence-electron chi connectivity index (χ3n) is 2.97. The second kappa shape index (κ2) is 6.73. The molecule has 2 aromatic carbocycles. The zero-order valence-corrected chi connectivity index (χ0v) is 11.9. The molecular formula is C16H16ClFO2. The number of hydrogen-bond donors (Lipinski definition) is 1. The van der Waals surface area contributed by atoms with Gasteiger partial charge in [0, 0.05) is 11.4 Å². The highest BCUT2D eigenvalue weighted by molar-refractivity contribution is 6.31. The molecule has 0 aliphatic carbocycles. The van der Waals surface area contributed by atoms with Crippen LogP contribution in [0.2, 0.25) is 5.02 Å². The van der Waals surface area contributed by atoms with Crippen LogP contribution >= 0.6 is 11.6 Å². The van der Waals surface area contributed by atoms with Crippen molar-refractivity contribution in [3.63, 3.8) is 0 Å². The van der Waals surface area contributed by atoms with Crippen LogP contribution in [0.5, 0.6) is 5.75 Å². The van der Waals surface area contributed by atoms with Crippen LogP contribution in [0.4, 0.5) is 4.39 Å². The van der Waals surface area contributed by atoms with Crippen LogP contribution in [0, 0.1) is 5.82 Å². The molecule has 106 valence electrons. The number of benzene rings is 2. The van der Waals surface area contributed by atoms with E-state index < -0.39 is 6.10 Å². The van der Waals surface area contributed by atoms with Gasteiger partial charge in [0.15, 0.2) is 0 Å². The molecule has 2 nitrogen and oxygen atoms in total. The van der Waals surface area contributed by atoms with Crippen LogP contribution in [0.25, 0.3) is 0 Å². The van der Waals surface area contributed by atoms with Gasteiger partial charge in [-0.25, -0.2) is 4.39 Å².